The van der Waals surface area contributed by atoms with Gasteiger partial charge < -0.3 is 34.8 Å². The Morgan fingerprint density at radius 3 is 2.10 bits per heavy atom. The summed E-state index contributed by atoms with van der Waals surface area (Å²) < 4.78 is 43.7. The number of nitrogens with zero attached hydrogens (tertiary/aromatic N) is 9. The lowest BCUT2D eigenvalue weighted by atomic mass is 9.80. The summed E-state index contributed by atoms with van der Waals surface area (Å²) in [7, 11) is 1.82. The van der Waals surface area contributed by atoms with Crippen molar-refractivity contribution in [3.05, 3.63) is 47.9 Å². The standard InChI is InChI=1S/C50H68F2N12O7/c1-3-70-49(69)38-29-53-50(55-35-28-54-59(2)31-35)58-46(38)71-37-10-8-36(9-11-37)61-22-24-64(25-23-61)48(68)34-6-4-33(5-7-34)47(67)63-16-14-32(15-17-63)30-60-18-20-62(21-19-60)43-27-39(51)42(26-40(43)52)56-41-12-13-44(65)57-45(41)66/h26-29,31-34,36-37,41,56H,3-25,30H2,1-2H3,(H,53,55,58)(H,57,65,66). The number of imide groups is 1. The summed E-state index contributed by atoms with van der Waals surface area (Å²) in [5, 5.41) is 12.3. The third-order valence-corrected chi connectivity index (χ3v) is 15.5. The zero-order valence-corrected chi connectivity index (χ0v) is 41.0. The van der Waals surface area contributed by atoms with Crippen molar-refractivity contribution in [3.8, 4) is 5.88 Å². The first-order chi connectivity index (χ1) is 34.4. The predicted molar refractivity (Wildman–Crippen MR) is 259 cm³/mol. The quantitative estimate of drug-likeness (QED) is 0.152. The summed E-state index contributed by atoms with van der Waals surface area (Å²) in [6.45, 7) is 9.94. The highest BCUT2D eigenvalue weighted by Crippen LogP contribution is 2.35. The molecule has 0 spiro atoms. The molecule has 2 aliphatic carbocycles. The first-order valence-corrected chi connectivity index (χ1v) is 25.7. The molecule has 0 bridgehead atoms. The van der Waals surface area contributed by atoms with E-state index in [0.29, 0.717) is 62.9 Å². The van der Waals surface area contributed by atoms with Crippen molar-refractivity contribution >= 4 is 52.6 Å². The molecule has 21 heteroatoms. The van der Waals surface area contributed by atoms with E-state index in [-0.39, 0.29) is 77.9 Å². The average Bonchev–Trinajstić information content (AvgIpc) is 3.80. The highest BCUT2D eigenvalue weighted by Gasteiger charge is 2.38. The molecule has 4 saturated heterocycles. The number of piperazine rings is 2. The molecule has 1 atom stereocenters. The molecule has 3 N–H and O–H groups in total. The zero-order chi connectivity index (χ0) is 49.6. The van der Waals surface area contributed by atoms with Gasteiger partial charge in [-0.25, -0.2) is 18.6 Å². The Balaban J connectivity index is 0.655. The van der Waals surface area contributed by atoms with Crippen LogP contribution in [0.25, 0.3) is 0 Å². The van der Waals surface area contributed by atoms with Gasteiger partial charge >= 0.3 is 5.97 Å². The van der Waals surface area contributed by atoms with Gasteiger partial charge in [0.15, 0.2) is 0 Å². The molecule has 4 aliphatic heterocycles. The fourth-order valence-corrected chi connectivity index (χ4v) is 11.4. The third-order valence-electron chi connectivity index (χ3n) is 15.5. The van der Waals surface area contributed by atoms with Crippen LogP contribution < -0.4 is 25.6 Å². The van der Waals surface area contributed by atoms with Crippen LogP contribution in [0.1, 0.15) is 94.3 Å². The second-order valence-corrected chi connectivity index (χ2v) is 20.1. The van der Waals surface area contributed by atoms with Crippen molar-refractivity contribution in [2.24, 2.45) is 24.8 Å². The van der Waals surface area contributed by atoms with E-state index < -0.39 is 29.6 Å². The van der Waals surface area contributed by atoms with Crippen molar-refractivity contribution in [1.82, 2.24) is 44.7 Å². The van der Waals surface area contributed by atoms with Gasteiger partial charge in [0.25, 0.3) is 0 Å². The molecule has 1 aromatic carbocycles. The van der Waals surface area contributed by atoms with Crippen LogP contribution in [0.3, 0.4) is 0 Å². The van der Waals surface area contributed by atoms with E-state index in [0.717, 1.165) is 103 Å². The number of anilines is 4. The highest BCUT2D eigenvalue weighted by atomic mass is 19.1. The maximum Gasteiger partial charge on any atom is 0.345 e. The smallest absolute Gasteiger partial charge is 0.345 e. The number of benzene rings is 1. The number of carbonyl (C=O) groups excluding carboxylic acids is 5. The minimum absolute atomic E-state index is 0.0382. The molecule has 384 valence electrons. The Kier molecular flexibility index (Phi) is 15.9. The van der Waals surface area contributed by atoms with Gasteiger partial charge in [-0.15, -0.1) is 0 Å². The van der Waals surface area contributed by atoms with Crippen LogP contribution in [0.15, 0.2) is 30.7 Å². The molecule has 6 aliphatic rings. The van der Waals surface area contributed by atoms with Crippen molar-refractivity contribution in [3.63, 3.8) is 0 Å². The summed E-state index contributed by atoms with van der Waals surface area (Å²) in [5.74, 6) is -1.34. The number of carbonyl (C=O) groups is 5. The molecule has 6 heterocycles. The summed E-state index contributed by atoms with van der Waals surface area (Å²) in [4.78, 5) is 83.5. The molecule has 0 radical (unpaired) electrons. The van der Waals surface area contributed by atoms with Crippen LogP contribution in [0.4, 0.5) is 31.8 Å². The number of amides is 4. The number of aromatic nitrogens is 4. The number of hydrogen-bond donors (Lipinski definition) is 3. The minimum Gasteiger partial charge on any atom is -0.474 e. The van der Waals surface area contributed by atoms with Crippen molar-refractivity contribution in [2.45, 2.75) is 102 Å². The number of halogens is 2. The number of rotatable bonds is 14. The van der Waals surface area contributed by atoms with Gasteiger partial charge in [0.1, 0.15) is 29.3 Å². The van der Waals surface area contributed by atoms with Crippen molar-refractivity contribution in [2.75, 3.05) is 94.1 Å². The molecular formula is C50H68F2N12O7. The monoisotopic (exact) mass is 987 g/mol. The Labute approximate surface area is 413 Å². The van der Waals surface area contributed by atoms with Gasteiger partial charge in [-0.05, 0) is 83.5 Å². The van der Waals surface area contributed by atoms with Crippen LogP contribution >= 0.6 is 0 Å². The molecule has 19 nitrogen and oxygen atoms in total. The van der Waals surface area contributed by atoms with Crippen LogP contribution in [0.2, 0.25) is 0 Å². The topological polar surface area (TPSA) is 200 Å². The first kappa shape index (κ1) is 50.0. The van der Waals surface area contributed by atoms with E-state index in [1.807, 2.05) is 21.7 Å². The fraction of sp³-hybridized carbons (Fsp3) is 0.640. The molecule has 9 rings (SSSR count). The Morgan fingerprint density at radius 2 is 1.46 bits per heavy atom. The van der Waals surface area contributed by atoms with Gasteiger partial charge in [0, 0.05) is 122 Å². The van der Waals surface area contributed by atoms with Crippen molar-refractivity contribution in [1.29, 1.82) is 0 Å². The number of hydrogen-bond acceptors (Lipinski definition) is 15. The largest absolute Gasteiger partial charge is 0.474 e. The molecule has 2 saturated carbocycles. The average molecular weight is 987 g/mol. The van der Waals surface area contributed by atoms with Crippen molar-refractivity contribution < 1.29 is 42.2 Å². The maximum absolute atomic E-state index is 15.3. The number of esters is 1. The molecule has 3 aromatic rings. The number of ether oxygens (including phenoxy) is 2. The SMILES string of the molecule is CCOC(=O)c1cnc(Nc2cnn(C)c2)nc1OC1CCC(N2CCN(C(=O)C3CCC(C(=O)N4CCC(CN5CCN(c6cc(F)c(NC7CCC(=O)NC7=O)cc6F)CC5)CC4)CC3)CC2)CC1. The number of piperidine rings is 2. The highest BCUT2D eigenvalue weighted by molar-refractivity contribution is 6.01. The molecular weight excluding hydrogens is 919 g/mol. The van der Waals surface area contributed by atoms with Crippen LogP contribution in [0.5, 0.6) is 5.88 Å². The molecule has 4 amide bonds. The van der Waals surface area contributed by atoms with Gasteiger partial charge in [-0.2, -0.15) is 10.1 Å². The number of aryl methyl sites for hydroxylation is 1. The van der Waals surface area contributed by atoms with E-state index in [9.17, 15) is 24.0 Å². The zero-order valence-electron chi connectivity index (χ0n) is 41.0. The number of likely N-dealkylation sites (tertiary alicyclic amines) is 1. The van der Waals surface area contributed by atoms with Crippen LogP contribution in [-0.4, -0.2) is 166 Å². The lowest BCUT2D eigenvalue weighted by Gasteiger charge is -2.43. The second kappa shape index (κ2) is 22.6. The molecule has 1 unspecified atom stereocenters. The Hall–Kier alpha value is -5.96. The summed E-state index contributed by atoms with van der Waals surface area (Å²) in [6.07, 6.45) is 13.5. The third kappa shape index (κ3) is 12.2. The van der Waals surface area contributed by atoms with E-state index in [1.54, 1.807) is 24.0 Å². The van der Waals surface area contributed by atoms with E-state index in [1.165, 1.54) is 12.3 Å². The lowest BCUT2D eigenvalue weighted by molar-refractivity contribution is -0.143. The minimum atomic E-state index is -0.806. The summed E-state index contributed by atoms with van der Waals surface area (Å²) >= 11 is 0. The van der Waals surface area contributed by atoms with Gasteiger partial charge in [-0.1, -0.05) is 0 Å². The molecule has 6 fully saturated rings. The Morgan fingerprint density at radius 1 is 0.789 bits per heavy atom. The second-order valence-electron chi connectivity index (χ2n) is 20.1. The van der Waals surface area contributed by atoms with Gasteiger partial charge in [-0.3, -0.25) is 39.0 Å². The van der Waals surface area contributed by atoms with E-state index in [2.05, 4.69) is 40.8 Å². The normalized spacial score (nSPS) is 25.1. The summed E-state index contributed by atoms with van der Waals surface area (Å²) in [6, 6.07) is 1.85. The fourth-order valence-electron chi connectivity index (χ4n) is 11.4. The van der Waals surface area contributed by atoms with E-state index in [4.69, 9.17) is 9.47 Å². The summed E-state index contributed by atoms with van der Waals surface area (Å²) in [5.41, 5.74) is 0.995. The van der Waals surface area contributed by atoms with Crippen LogP contribution in [0, 0.1) is 29.4 Å². The Bertz CT molecular complexity index is 2380. The first-order valence-electron chi connectivity index (χ1n) is 25.7. The van der Waals surface area contributed by atoms with Gasteiger partial charge in [0.05, 0.1) is 36.1 Å². The number of nitrogens with one attached hydrogen (secondary N) is 3. The molecule has 2 aromatic heterocycles. The maximum atomic E-state index is 15.3. The molecule has 71 heavy (non-hydrogen) atoms. The van der Waals surface area contributed by atoms with Gasteiger partial charge in [0.2, 0.25) is 35.5 Å². The van der Waals surface area contributed by atoms with E-state index >= 15 is 8.78 Å². The lowest BCUT2D eigenvalue weighted by Crippen LogP contribution is -2.54. The predicted octanol–water partition coefficient (Wildman–Crippen LogP) is 4.33. The van der Waals surface area contributed by atoms with Crippen LogP contribution in [-0.2, 0) is 31.0 Å².